The topological polar surface area (TPSA) is 88.9 Å². The Labute approximate surface area is 150 Å². The monoisotopic (exact) mass is 376 g/mol. The van der Waals surface area contributed by atoms with Crippen LogP contribution in [0.25, 0.3) is 0 Å². The van der Waals surface area contributed by atoms with E-state index in [4.69, 9.17) is 11.6 Å². The molecule has 0 aliphatic carbocycles. The Bertz CT molecular complexity index is 1170. The van der Waals surface area contributed by atoms with Crippen LogP contribution >= 0.6 is 22.9 Å². The molecule has 25 heavy (non-hydrogen) atoms. The van der Waals surface area contributed by atoms with E-state index in [1.165, 1.54) is 11.6 Å². The Morgan fingerprint density at radius 1 is 1.08 bits per heavy atom. The molecule has 0 amide bonds. The number of aromatic nitrogens is 3. The molecule has 1 aromatic carbocycles. The Morgan fingerprint density at radius 2 is 1.76 bits per heavy atom. The molecule has 3 heterocycles. The molecule has 128 valence electrons. The summed E-state index contributed by atoms with van der Waals surface area (Å²) in [5.41, 5.74) is 0.415. The number of hydrogen-bond acceptors (Lipinski definition) is 5. The number of nitrogens with one attached hydrogen (secondary N) is 2. The summed E-state index contributed by atoms with van der Waals surface area (Å²) in [5.74, 6) is 0.429. The van der Waals surface area contributed by atoms with Crippen LogP contribution in [0.4, 0.5) is 11.6 Å². The first-order valence-electron chi connectivity index (χ1n) is 7.44. The zero-order chi connectivity index (χ0) is 17.9. The van der Waals surface area contributed by atoms with Gasteiger partial charge in [-0.05, 0) is 17.7 Å². The standard InChI is InChI=1S/C16H13ClN4O3S/c1-20-13-10(14(22)21(2)16(20)24)9(7-3-5-8(17)6-4-7)11-12(18-13)19-15(23)25-11/h3-6,9,18H,1-2H3,(H,19,23). The van der Waals surface area contributed by atoms with E-state index in [-0.39, 0.29) is 4.87 Å². The lowest BCUT2D eigenvalue weighted by atomic mass is 9.88. The Hall–Kier alpha value is -2.58. The molecule has 3 aromatic rings. The molecule has 0 saturated carbocycles. The molecule has 0 spiro atoms. The van der Waals surface area contributed by atoms with Crippen LogP contribution in [0.2, 0.25) is 5.02 Å². The Morgan fingerprint density at radius 3 is 2.44 bits per heavy atom. The van der Waals surface area contributed by atoms with Gasteiger partial charge < -0.3 is 5.32 Å². The number of anilines is 2. The number of aromatic amines is 1. The molecule has 0 fully saturated rings. The molecule has 4 rings (SSSR count). The van der Waals surface area contributed by atoms with Gasteiger partial charge in [0.2, 0.25) is 0 Å². The van der Waals surface area contributed by atoms with Gasteiger partial charge in [-0.25, -0.2) is 4.79 Å². The second-order valence-electron chi connectivity index (χ2n) is 5.83. The van der Waals surface area contributed by atoms with E-state index in [1.54, 1.807) is 19.2 Å². The minimum Gasteiger partial charge on any atom is -0.326 e. The van der Waals surface area contributed by atoms with Crippen molar-refractivity contribution in [3.63, 3.8) is 0 Å². The molecular formula is C16H13ClN4O3S. The van der Waals surface area contributed by atoms with Crippen LogP contribution in [0.1, 0.15) is 21.9 Å². The van der Waals surface area contributed by atoms with Crippen molar-refractivity contribution in [2.45, 2.75) is 5.92 Å². The molecule has 2 N–H and O–H groups in total. The number of rotatable bonds is 1. The van der Waals surface area contributed by atoms with Crippen molar-refractivity contribution < 1.29 is 0 Å². The van der Waals surface area contributed by atoms with Crippen molar-refractivity contribution >= 4 is 34.6 Å². The molecule has 7 nitrogen and oxygen atoms in total. The summed E-state index contributed by atoms with van der Waals surface area (Å²) < 4.78 is 2.45. The van der Waals surface area contributed by atoms with E-state index < -0.39 is 17.2 Å². The van der Waals surface area contributed by atoms with Crippen molar-refractivity contribution in [1.29, 1.82) is 0 Å². The molecule has 2 aromatic heterocycles. The van der Waals surface area contributed by atoms with Crippen molar-refractivity contribution in [1.82, 2.24) is 14.1 Å². The van der Waals surface area contributed by atoms with E-state index in [2.05, 4.69) is 10.3 Å². The first-order chi connectivity index (χ1) is 11.9. The van der Waals surface area contributed by atoms with Crippen LogP contribution in [0.15, 0.2) is 38.6 Å². The van der Waals surface area contributed by atoms with E-state index in [1.807, 2.05) is 12.1 Å². The first-order valence-corrected chi connectivity index (χ1v) is 8.63. The summed E-state index contributed by atoms with van der Waals surface area (Å²) in [7, 11) is 3.03. The van der Waals surface area contributed by atoms with Gasteiger partial charge >= 0.3 is 10.6 Å². The third kappa shape index (κ3) is 2.29. The van der Waals surface area contributed by atoms with Crippen molar-refractivity contribution in [3.05, 3.63) is 75.8 Å². The zero-order valence-electron chi connectivity index (χ0n) is 13.3. The van der Waals surface area contributed by atoms with Gasteiger partial charge in [0.25, 0.3) is 5.56 Å². The van der Waals surface area contributed by atoms with Gasteiger partial charge in [0.05, 0.1) is 16.4 Å². The summed E-state index contributed by atoms with van der Waals surface area (Å²) >= 11 is 7.02. The van der Waals surface area contributed by atoms with Crippen LogP contribution in [-0.4, -0.2) is 14.1 Å². The fourth-order valence-corrected chi connectivity index (χ4v) is 4.20. The average molecular weight is 377 g/mol. The quantitative estimate of drug-likeness (QED) is 0.529. The maximum Gasteiger partial charge on any atom is 0.332 e. The zero-order valence-corrected chi connectivity index (χ0v) is 14.9. The summed E-state index contributed by atoms with van der Waals surface area (Å²) in [4.78, 5) is 40.2. The Kier molecular flexibility index (Phi) is 3.48. The van der Waals surface area contributed by atoms with Crippen LogP contribution in [0.3, 0.4) is 0 Å². The maximum absolute atomic E-state index is 12.9. The van der Waals surface area contributed by atoms with Crippen LogP contribution in [0.5, 0.6) is 0 Å². The largest absolute Gasteiger partial charge is 0.332 e. The number of thiazole rings is 1. The highest BCUT2D eigenvalue weighted by atomic mass is 35.5. The van der Waals surface area contributed by atoms with Crippen molar-refractivity contribution in [2.75, 3.05) is 5.32 Å². The molecule has 0 saturated heterocycles. The Balaban J connectivity index is 2.11. The molecule has 1 unspecified atom stereocenters. The summed E-state index contributed by atoms with van der Waals surface area (Å²) in [6, 6.07) is 7.11. The smallest absolute Gasteiger partial charge is 0.326 e. The van der Waals surface area contributed by atoms with Gasteiger partial charge in [0, 0.05) is 19.1 Å². The second kappa shape index (κ2) is 5.47. The van der Waals surface area contributed by atoms with Gasteiger partial charge in [0.15, 0.2) is 0 Å². The van der Waals surface area contributed by atoms with Gasteiger partial charge in [-0.3, -0.25) is 23.7 Å². The minimum absolute atomic E-state index is 0.230. The summed E-state index contributed by atoms with van der Waals surface area (Å²) in [6.45, 7) is 0. The number of halogens is 1. The fraction of sp³-hybridized carbons (Fsp3) is 0.188. The molecule has 1 aliphatic heterocycles. The number of fused-ring (bicyclic) bond motifs is 2. The summed E-state index contributed by atoms with van der Waals surface area (Å²) in [6.07, 6.45) is 0. The average Bonchev–Trinajstić information content (AvgIpc) is 2.97. The third-order valence-corrected chi connectivity index (χ3v) is 5.57. The lowest BCUT2D eigenvalue weighted by Gasteiger charge is -2.27. The predicted octanol–water partition coefficient (Wildman–Crippen LogP) is 1.72. The van der Waals surface area contributed by atoms with Gasteiger partial charge in [0.1, 0.15) is 11.6 Å². The SMILES string of the molecule is Cn1c2c(c(=O)n(C)c1=O)C(c1ccc(Cl)cc1)c1sc(=O)[nH]c1N2. The third-order valence-electron chi connectivity index (χ3n) is 4.37. The maximum atomic E-state index is 12.9. The predicted molar refractivity (Wildman–Crippen MR) is 97.5 cm³/mol. The molecule has 0 bridgehead atoms. The lowest BCUT2D eigenvalue weighted by Crippen LogP contribution is -2.42. The highest BCUT2D eigenvalue weighted by Gasteiger charge is 2.34. The fourth-order valence-electron chi connectivity index (χ4n) is 3.14. The summed E-state index contributed by atoms with van der Waals surface area (Å²) in [5, 5.41) is 3.61. The lowest BCUT2D eigenvalue weighted by molar-refractivity contribution is 0.668. The van der Waals surface area contributed by atoms with E-state index in [0.29, 0.717) is 27.1 Å². The number of benzene rings is 1. The number of hydrogen-bond donors (Lipinski definition) is 2. The van der Waals surface area contributed by atoms with Crippen molar-refractivity contribution in [3.8, 4) is 0 Å². The van der Waals surface area contributed by atoms with Gasteiger partial charge in [-0.15, -0.1) is 0 Å². The van der Waals surface area contributed by atoms with Crippen LogP contribution in [-0.2, 0) is 14.1 Å². The molecule has 1 atom stereocenters. The molecule has 1 aliphatic rings. The number of H-pyrrole nitrogens is 1. The van der Waals surface area contributed by atoms with Crippen LogP contribution in [0, 0.1) is 0 Å². The highest BCUT2D eigenvalue weighted by Crippen LogP contribution is 2.43. The van der Waals surface area contributed by atoms with E-state index in [9.17, 15) is 14.4 Å². The van der Waals surface area contributed by atoms with E-state index in [0.717, 1.165) is 21.5 Å². The second-order valence-corrected chi connectivity index (χ2v) is 7.28. The normalized spacial score (nSPS) is 15.4. The highest BCUT2D eigenvalue weighted by molar-refractivity contribution is 7.10. The van der Waals surface area contributed by atoms with Crippen LogP contribution < -0.4 is 21.4 Å². The first kappa shape index (κ1) is 15.9. The van der Waals surface area contributed by atoms with Gasteiger partial charge in [-0.2, -0.15) is 0 Å². The molecule has 0 radical (unpaired) electrons. The number of nitrogens with zero attached hydrogens (tertiary/aromatic N) is 2. The molecular weight excluding hydrogens is 364 g/mol. The van der Waals surface area contributed by atoms with E-state index >= 15 is 0 Å². The molecule has 9 heteroatoms. The minimum atomic E-state index is -0.460. The van der Waals surface area contributed by atoms with Crippen molar-refractivity contribution in [2.24, 2.45) is 14.1 Å². The van der Waals surface area contributed by atoms with Gasteiger partial charge in [-0.1, -0.05) is 35.1 Å².